The molecule has 0 heterocycles. The van der Waals surface area contributed by atoms with Crippen LogP contribution in [0.15, 0.2) is 24.3 Å². The van der Waals surface area contributed by atoms with Crippen LogP contribution in [0, 0.1) is 6.07 Å². The monoisotopic (exact) mass is 291 g/mol. The molecule has 0 radical (unpaired) electrons. The molecular formula is C14H22KNO3. The maximum absolute atomic E-state index is 5.42. The van der Waals surface area contributed by atoms with Gasteiger partial charge in [0, 0.05) is 13.7 Å². The molecule has 1 aromatic rings. The number of nitrogens with one attached hydrogen (secondary N) is 1. The number of hydrogen-bond donors (Lipinski definition) is 1. The number of benzene rings is 1. The van der Waals surface area contributed by atoms with Crippen molar-refractivity contribution in [3.63, 3.8) is 0 Å². The molecule has 4 nitrogen and oxygen atoms in total. The molecule has 0 atom stereocenters. The Kier molecular flexibility index (Phi) is 15.6. The number of methoxy groups -OCH3 is 1. The summed E-state index contributed by atoms with van der Waals surface area (Å²) >= 11 is 0. The molecule has 0 saturated heterocycles. The van der Waals surface area contributed by atoms with Crippen LogP contribution in [-0.2, 0) is 20.8 Å². The van der Waals surface area contributed by atoms with Crippen LogP contribution in [0.5, 0.6) is 0 Å². The van der Waals surface area contributed by atoms with Gasteiger partial charge in [0.1, 0.15) is 0 Å². The largest absolute Gasteiger partial charge is 1.00 e. The fourth-order valence-electron chi connectivity index (χ4n) is 1.38. The average Bonchev–Trinajstić information content (AvgIpc) is 2.42. The average molecular weight is 291 g/mol. The summed E-state index contributed by atoms with van der Waals surface area (Å²) in [6.07, 6.45) is 0. The SMILES string of the molecule is COCCOCCOCCNCc1cc[c-]cc1.[K+]. The third-order valence-corrected chi connectivity index (χ3v) is 2.34. The Morgan fingerprint density at radius 2 is 1.63 bits per heavy atom. The van der Waals surface area contributed by atoms with Crippen molar-refractivity contribution in [3.8, 4) is 0 Å². The first-order chi connectivity index (χ1) is 8.93. The zero-order valence-corrected chi connectivity index (χ0v) is 15.1. The molecule has 0 bridgehead atoms. The predicted octanol–water partition coefficient (Wildman–Crippen LogP) is -1.74. The summed E-state index contributed by atoms with van der Waals surface area (Å²) < 4.78 is 15.6. The second-order valence-electron chi connectivity index (χ2n) is 3.80. The van der Waals surface area contributed by atoms with Crippen molar-refractivity contribution in [1.29, 1.82) is 0 Å². The van der Waals surface area contributed by atoms with Gasteiger partial charge in [0.05, 0.1) is 33.0 Å². The summed E-state index contributed by atoms with van der Waals surface area (Å²) in [5.41, 5.74) is 1.26. The van der Waals surface area contributed by atoms with Crippen LogP contribution in [0.4, 0.5) is 0 Å². The molecule has 19 heavy (non-hydrogen) atoms. The van der Waals surface area contributed by atoms with Crippen molar-refractivity contribution in [3.05, 3.63) is 35.9 Å². The maximum atomic E-state index is 5.42. The molecule has 0 spiro atoms. The fraction of sp³-hybridized carbons (Fsp3) is 0.571. The van der Waals surface area contributed by atoms with Gasteiger partial charge < -0.3 is 19.5 Å². The molecular weight excluding hydrogens is 269 g/mol. The van der Waals surface area contributed by atoms with Crippen LogP contribution in [0.25, 0.3) is 0 Å². The van der Waals surface area contributed by atoms with Crippen LogP contribution in [0.2, 0.25) is 0 Å². The second kappa shape index (κ2) is 15.1. The van der Waals surface area contributed by atoms with Gasteiger partial charge in [-0.1, -0.05) is 0 Å². The molecule has 102 valence electrons. The van der Waals surface area contributed by atoms with Gasteiger partial charge in [-0.15, -0.1) is 5.56 Å². The number of hydrogen-bond acceptors (Lipinski definition) is 4. The number of rotatable bonds is 11. The van der Waals surface area contributed by atoms with Crippen molar-refractivity contribution < 1.29 is 65.6 Å². The molecule has 1 aromatic carbocycles. The first-order valence-corrected chi connectivity index (χ1v) is 6.23. The molecule has 1 rings (SSSR count). The second-order valence-corrected chi connectivity index (χ2v) is 3.80. The standard InChI is InChI=1S/C14H22NO3.K/c1-16-9-10-18-12-11-17-8-7-15-13-14-5-3-2-4-6-14;/h3-6,15H,7-13H2,1H3;/q-1;+1. The van der Waals surface area contributed by atoms with Crippen molar-refractivity contribution in [2.75, 3.05) is 46.7 Å². The van der Waals surface area contributed by atoms with Crippen LogP contribution in [0.3, 0.4) is 0 Å². The Bertz CT molecular complexity index is 285. The Balaban J connectivity index is 0.00000324. The minimum Gasteiger partial charge on any atom is -0.382 e. The van der Waals surface area contributed by atoms with Gasteiger partial charge in [0.15, 0.2) is 0 Å². The molecule has 0 unspecified atom stereocenters. The molecule has 1 N–H and O–H groups in total. The van der Waals surface area contributed by atoms with Gasteiger partial charge >= 0.3 is 51.4 Å². The zero-order valence-electron chi connectivity index (χ0n) is 12.0. The molecule has 0 aromatic heterocycles. The minimum atomic E-state index is 0. The minimum absolute atomic E-state index is 0. The van der Waals surface area contributed by atoms with E-state index < -0.39 is 0 Å². The molecule has 0 saturated carbocycles. The van der Waals surface area contributed by atoms with Gasteiger partial charge in [-0.2, -0.15) is 30.3 Å². The summed E-state index contributed by atoms with van der Waals surface area (Å²) in [4.78, 5) is 0. The predicted molar refractivity (Wildman–Crippen MR) is 70.5 cm³/mol. The van der Waals surface area contributed by atoms with Crippen LogP contribution < -0.4 is 56.7 Å². The van der Waals surface area contributed by atoms with E-state index in [4.69, 9.17) is 14.2 Å². The van der Waals surface area contributed by atoms with Gasteiger partial charge in [-0.05, 0) is 6.54 Å². The van der Waals surface area contributed by atoms with E-state index in [-0.39, 0.29) is 51.4 Å². The van der Waals surface area contributed by atoms with E-state index in [1.54, 1.807) is 7.11 Å². The fourth-order valence-corrected chi connectivity index (χ4v) is 1.38. The Morgan fingerprint density at radius 1 is 1.00 bits per heavy atom. The smallest absolute Gasteiger partial charge is 0.382 e. The van der Waals surface area contributed by atoms with E-state index in [2.05, 4.69) is 23.5 Å². The first-order valence-electron chi connectivity index (χ1n) is 6.23. The van der Waals surface area contributed by atoms with E-state index in [1.807, 2.05) is 12.1 Å². The third kappa shape index (κ3) is 12.2. The topological polar surface area (TPSA) is 39.7 Å². The normalized spacial score (nSPS) is 10.2. The van der Waals surface area contributed by atoms with Crippen LogP contribution in [0.1, 0.15) is 5.56 Å². The van der Waals surface area contributed by atoms with E-state index >= 15 is 0 Å². The molecule has 0 fully saturated rings. The van der Waals surface area contributed by atoms with Crippen molar-refractivity contribution >= 4 is 0 Å². The Hall–Kier alpha value is 0.696. The Labute approximate surface area is 158 Å². The summed E-state index contributed by atoms with van der Waals surface area (Å²) in [6, 6.07) is 10.9. The van der Waals surface area contributed by atoms with E-state index in [1.165, 1.54) is 5.56 Å². The molecule has 5 heteroatoms. The molecule has 0 aliphatic heterocycles. The van der Waals surface area contributed by atoms with Crippen LogP contribution >= 0.6 is 0 Å². The molecule has 0 aliphatic carbocycles. The van der Waals surface area contributed by atoms with Crippen molar-refractivity contribution in [2.45, 2.75) is 6.54 Å². The van der Waals surface area contributed by atoms with Gasteiger partial charge in [-0.3, -0.25) is 0 Å². The summed E-state index contributed by atoms with van der Waals surface area (Å²) in [6.45, 7) is 4.93. The van der Waals surface area contributed by atoms with Crippen LogP contribution in [-0.4, -0.2) is 46.7 Å². The van der Waals surface area contributed by atoms with Gasteiger partial charge in [0.2, 0.25) is 0 Å². The van der Waals surface area contributed by atoms with E-state index in [9.17, 15) is 0 Å². The molecule has 0 aliphatic rings. The number of ether oxygens (including phenoxy) is 3. The molecule has 0 amide bonds. The summed E-state index contributed by atoms with van der Waals surface area (Å²) in [7, 11) is 1.66. The quantitative estimate of drug-likeness (QED) is 0.298. The van der Waals surface area contributed by atoms with Gasteiger partial charge in [-0.25, -0.2) is 0 Å². The third-order valence-electron chi connectivity index (χ3n) is 2.34. The van der Waals surface area contributed by atoms with Gasteiger partial charge in [0.25, 0.3) is 0 Å². The van der Waals surface area contributed by atoms with E-state index in [0.717, 1.165) is 13.1 Å². The maximum Gasteiger partial charge on any atom is 1.00 e. The first kappa shape index (κ1) is 19.7. The van der Waals surface area contributed by atoms with E-state index in [0.29, 0.717) is 33.0 Å². The zero-order chi connectivity index (χ0) is 12.9. The van der Waals surface area contributed by atoms with Crippen molar-refractivity contribution in [1.82, 2.24) is 5.32 Å². The Morgan fingerprint density at radius 3 is 2.32 bits per heavy atom. The summed E-state index contributed by atoms with van der Waals surface area (Å²) in [5, 5.41) is 3.31. The van der Waals surface area contributed by atoms with Crippen molar-refractivity contribution in [2.24, 2.45) is 0 Å². The summed E-state index contributed by atoms with van der Waals surface area (Å²) in [5.74, 6) is 0.